The van der Waals surface area contributed by atoms with Gasteiger partial charge < -0.3 is 9.32 Å². The predicted molar refractivity (Wildman–Crippen MR) is 239 cm³/mol. The molecule has 260 valence electrons. The van der Waals surface area contributed by atoms with Crippen LogP contribution in [0.5, 0.6) is 0 Å². The molecule has 0 spiro atoms. The van der Waals surface area contributed by atoms with Crippen LogP contribution in [0.1, 0.15) is 0 Å². The third kappa shape index (κ3) is 4.57. The molecule has 0 fully saturated rings. The van der Waals surface area contributed by atoms with Crippen molar-refractivity contribution in [2.24, 2.45) is 0 Å². The molecule has 0 aliphatic rings. The Balaban J connectivity index is 1.10. The lowest BCUT2D eigenvalue weighted by atomic mass is 9.93. The second-order valence-corrected chi connectivity index (χ2v) is 14.8. The van der Waals surface area contributed by atoms with E-state index in [0.717, 1.165) is 50.1 Å². The van der Waals surface area contributed by atoms with Gasteiger partial charge in [0.25, 0.3) is 0 Å². The number of hydrogen-bond donors (Lipinski definition) is 0. The number of rotatable bonds is 4. The van der Waals surface area contributed by atoms with Crippen LogP contribution in [0.25, 0.3) is 97.7 Å². The van der Waals surface area contributed by atoms with Gasteiger partial charge in [0.15, 0.2) is 0 Å². The van der Waals surface area contributed by atoms with Crippen molar-refractivity contribution in [2.75, 3.05) is 4.90 Å². The quantitative estimate of drug-likeness (QED) is 0.169. The zero-order chi connectivity index (χ0) is 36.7. The van der Waals surface area contributed by atoms with Crippen molar-refractivity contribution in [3.63, 3.8) is 0 Å². The summed E-state index contributed by atoms with van der Waals surface area (Å²) in [5, 5.41) is 17.4. The Morgan fingerprint density at radius 3 is 1.12 bits per heavy atom. The highest BCUT2D eigenvalue weighted by atomic mass is 16.3. The molecule has 1 aromatic heterocycles. The maximum absolute atomic E-state index is 6.46. The Bertz CT molecular complexity index is 3310. The maximum atomic E-state index is 6.46. The van der Waals surface area contributed by atoms with Crippen molar-refractivity contribution in [3.05, 3.63) is 200 Å². The first-order valence-electron chi connectivity index (χ1n) is 19.3. The first-order valence-corrected chi connectivity index (χ1v) is 19.3. The zero-order valence-corrected chi connectivity index (χ0v) is 30.4. The van der Waals surface area contributed by atoms with Crippen LogP contribution in [0, 0.1) is 0 Å². The van der Waals surface area contributed by atoms with Gasteiger partial charge >= 0.3 is 0 Å². The van der Waals surface area contributed by atoms with E-state index in [2.05, 4.69) is 193 Å². The summed E-state index contributed by atoms with van der Waals surface area (Å²) in [6, 6.07) is 72.9. The average Bonchev–Trinajstić information content (AvgIpc) is 3.66. The van der Waals surface area contributed by atoms with Crippen LogP contribution in [-0.4, -0.2) is 0 Å². The van der Waals surface area contributed by atoms with E-state index in [0.29, 0.717) is 0 Å². The van der Waals surface area contributed by atoms with Crippen LogP contribution in [0.3, 0.4) is 0 Å². The van der Waals surface area contributed by atoms with Crippen LogP contribution in [-0.2, 0) is 0 Å². The van der Waals surface area contributed by atoms with Crippen molar-refractivity contribution in [3.8, 4) is 11.1 Å². The molecule has 0 atom stereocenters. The molecule has 0 radical (unpaired) electrons. The average molecular weight is 712 g/mol. The smallest absolute Gasteiger partial charge is 0.143 e. The van der Waals surface area contributed by atoms with Gasteiger partial charge in [0.1, 0.15) is 11.2 Å². The van der Waals surface area contributed by atoms with Gasteiger partial charge in [-0.3, -0.25) is 0 Å². The lowest BCUT2D eigenvalue weighted by molar-refractivity contribution is 0.670. The first-order chi connectivity index (χ1) is 27.8. The standard InChI is InChI=1S/C54H33NO/c1-3-16-43-39(12-1)41-14-5-7-18-45(41)51-32-36(28-30-47(43)51)55(37-29-31-48-44-17-4-2-13-40(44)42-15-6-8-19-46(42)52(48)33-37)35-26-24-34(25-27-35)38-21-11-22-50-49-20-9-10-23-53(49)56-54(38)50/h1-33H. The van der Waals surface area contributed by atoms with Gasteiger partial charge in [-0.25, -0.2) is 0 Å². The number of hydrogen-bond acceptors (Lipinski definition) is 2. The Morgan fingerprint density at radius 1 is 0.268 bits per heavy atom. The van der Waals surface area contributed by atoms with Crippen LogP contribution in [0.4, 0.5) is 17.1 Å². The summed E-state index contributed by atoms with van der Waals surface area (Å²) in [7, 11) is 0. The number of nitrogens with zero attached hydrogens (tertiary/aromatic N) is 1. The minimum atomic E-state index is 0.908. The van der Waals surface area contributed by atoms with E-state index in [1.54, 1.807) is 0 Å². The summed E-state index contributed by atoms with van der Waals surface area (Å²) >= 11 is 0. The van der Waals surface area contributed by atoms with E-state index in [-0.39, 0.29) is 0 Å². The first kappa shape index (κ1) is 31.0. The highest BCUT2D eigenvalue weighted by molar-refractivity contribution is 6.27. The second kappa shape index (κ2) is 12.0. The molecule has 1 heterocycles. The maximum Gasteiger partial charge on any atom is 0.143 e. The topological polar surface area (TPSA) is 16.4 Å². The van der Waals surface area contributed by atoms with Gasteiger partial charge in [0, 0.05) is 33.4 Å². The summed E-state index contributed by atoms with van der Waals surface area (Å²) < 4.78 is 6.46. The van der Waals surface area contributed by atoms with Crippen molar-refractivity contribution in [1.82, 2.24) is 0 Å². The summed E-state index contributed by atoms with van der Waals surface area (Å²) in [6.45, 7) is 0. The molecule has 0 aliphatic heterocycles. The molecular weight excluding hydrogens is 679 g/mol. The Kier molecular flexibility index (Phi) is 6.66. The van der Waals surface area contributed by atoms with Gasteiger partial charge in [0.05, 0.1) is 0 Å². The van der Waals surface area contributed by atoms with Crippen molar-refractivity contribution < 1.29 is 4.42 Å². The van der Waals surface area contributed by atoms with Gasteiger partial charge in [-0.1, -0.05) is 158 Å². The third-order valence-corrected chi connectivity index (χ3v) is 11.8. The van der Waals surface area contributed by atoms with Crippen molar-refractivity contribution >= 4 is 104 Å². The molecule has 0 bridgehead atoms. The van der Waals surface area contributed by atoms with E-state index in [9.17, 15) is 0 Å². The van der Waals surface area contributed by atoms with Gasteiger partial charge in [-0.15, -0.1) is 0 Å². The molecule has 2 nitrogen and oxygen atoms in total. The Labute approximate surface area is 323 Å². The van der Waals surface area contributed by atoms with Crippen LogP contribution < -0.4 is 4.90 Å². The SMILES string of the molecule is c1ccc2c(c1)oc1c(-c3ccc(N(c4ccc5c6ccccc6c6ccccc6c5c4)c4ccc5c6ccccc6c6ccccc6c5c4)cc3)cccc12. The van der Waals surface area contributed by atoms with Crippen LogP contribution in [0.2, 0.25) is 0 Å². The second-order valence-electron chi connectivity index (χ2n) is 14.8. The lowest BCUT2D eigenvalue weighted by Gasteiger charge is -2.27. The molecule has 12 rings (SSSR count). The number of fused-ring (bicyclic) bond motifs is 15. The fourth-order valence-electron chi connectivity index (χ4n) is 9.28. The lowest BCUT2D eigenvalue weighted by Crippen LogP contribution is -2.10. The monoisotopic (exact) mass is 711 g/mol. The van der Waals surface area contributed by atoms with E-state index < -0.39 is 0 Å². The van der Waals surface area contributed by atoms with E-state index in [4.69, 9.17) is 4.42 Å². The third-order valence-electron chi connectivity index (χ3n) is 11.8. The van der Waals surface area contributed by atoms with E-state index in [1.807, 2.05) is 12.1 Å². The van der Waals surface area contributed by atoms with Crippen LogP contribution >= 0.6 is 0 Å². The number of furan rings is 1. The van der Waals surface area contributed by atoms with Crippen LogP contribution in [0.15, 0.2) is 205 Å². The molecule has 0 N–H and O–H groups in total. The normalized spacial score (nSPS) is 11.9. The highest BCUT2D eigenvalue weighted by Gasteiger charge is 2.19. The molecule has 56 heavy (non-hydrogen) atoms. The largest absolute Gasteiger partial charge is 0.455 e. The molecule has 0 aliphatic carbocycles. The minimum Gasteiger partial charge on any atom is -0.455 e. The van der Waals surface area contributed by atoms with E-state index in [1.165, 1.54) is 64.6 Å². The number of para-hydroxylation sites is 2. The zero-order valence-electron chi connectivity index (χ0n) is 30.4. The Hall–Kier alpha value is -7.42. The summed E-state index contributed by atoms with van der Waals surface area (Å²) in [6.07, 6.45) is 0. The highest BCUT2D eigenvalue weighted by Crippen LogP contribution is 2.44. The minimum absolute atomic E-state index is 0.908. The predicted octanol–water partition coefficient (Wildman–Crippen LogP) is 15.6. The van der Waals surface area contributed by atoms with Crippen molar-refractivity contribution in [2.45, 2.75) is 0 Å². The van der Waals surface area contributed by atoms with Gasteiger partial charge in [-0.2, -0.15) is 0 Å². The summed E-state index contributed by atoms with van der Waals surface area (Å²) in [5.74, 6) is 0. The van der Waals surface area contributed by atoms with Gasteiger partial charge in [0.2, 0.25) is 0 Å². The fourth-order valence-corrected chi connectivity index (χ4v) is 9.28. The van der Waals surface area contributed by atoms with Crippen molar-refractivity contribution in [1.29, 1.82) is 0 Å². The number of benzene rings is 11. The fraction of sp³-hybridized carbons (Fsp3) is 0. The molecular formula is C54H33NO. The molecule has 2 heteroatoms. The van der Waals surface area contributed by atoms with Gasteiger partial charge in [-0.05, 0) is 113 Å². The molecule has 12 aromatic rings. The molecule has 0 saturated carbocycles. The molecule has 0 unspecified atom stereocenters. The molecule has 0 saturated heterocycles. The molecule has 11 aromatic carbocycles. The Morgan fingerprint density at radius 2 is 0.643 bits per heavy atom. The molecule has 0 amide bonds. The number of anilines is 3. The summed E-state index contributed by atoms with van der Waals surface area (Å²) in [4.78, 5) is 2.42. The van der Waals surface area contributed by atoms with E-state index >= 15 is 0 Å². The summed E-state index contributed by atoms with van der Waals surface area (Å²) in [5.41, 5.74) is 7.32.